The molecule has 1 amide bonds. The number of aliphatic imine (C=N–C) groups is 1. The van der Waals surface area contributed by atoms with E-state index in [4.69, 9.17) is 33.9 Å². The van der Waals surface area contributed by atoms with Gasteiger partial charge in [-0.05, 0) is 36.6 Å². The van der Waals surface area contributed by atoms with E-state index in [1.54, 1.807) is 24.3 Å². The first-order chi connectivity index (χ1) is 18.1. The van der Waals surface area contributed by atoms with E-state index in [0.717, 1.165) is 11.4 Å². The minimum atomic E-state index is -0.546. The number of benzene rings is 2. The van der Waals surface area contributed by atoms with Gasteiger partial charge in [0.15, 0.2) is 0 Å². The number of rotatable bonds is 7. The highest BCUT2D eigenvalue weighted by Crippen LogP contribution is 2.34. The van der Waals surface area contributed by atoms with Crippen LogP contribution in [0.1, 0.15) is 30.9 Å². The van der Waals surface area contributed by atoms with E-state index in [9.17, 15) is 15.3 Å². The Morgan fingerprint density at radius 3 is 2.45 bits per heavy atom. The quantitative estimate of drug-likeness (QED) is 0.384. The van der Waals surface area contributed by atoms with Crippen molar-refractivity contribution in [3.05, 3.63) is 87.4 Å². The minimum absolute atomic E-state index is 0.0364. The van der Waals surface area contributed by atoms with Gasteiger partial charge in [0.1, 0.15) is 17.5 Å². The topological polar surface area (TPSA) is 118 Å². The van der Waals surface area contributed by atoms with Gasteiger partial charge in [0, 0.05) is 53.8 Å². The summed E-state index contributed by atoms with van der Waals surface area (Å²) >= 11 is 12.7. The molecule has 1 saturated heterocycles. The second-order valence-electron chi connectivity index (χ2n) is 9.77. The molecule has 2 aliphatic heterocycles. The highest BCUT2D eigenvalue weighted by Gasteiger charge is 2.36. The van der Waals surface area contributed by atoms with E-state index in [1.807, 2.05) is 49.2 Å². The Morgan fingerprint density at radius 2 is 1.84 bits per heavy atom. The number of nitrogens with one attached hydrogen (secondary N) is 2. The van der Waals surface area contributed by atoms with Crippen molar-refractivity contribution in [2.45, 2.75) is 19.8 Å². The Morgan fingerprint density at radius 1 is 1.18 bits per heavy atom. The van der Waals surface area contributed by atoms with Crippen LogP contribution in [0.25, 0.3) is 5.57 Å². The van der Waals surface area contributed by atoms with Crippen LogP contribution >= 0.6 is 23.2 Å². The summed E-state index contributed by atoms with van der Waals surface area (Å²) in [5.74, 6) is 1.61. The third-order valence-corrected chi connectivity index (χ3v) is 7.71. The fourth-order valence-electron chi connectivity index (χ4n) is 4.51. The third kappa shape index (κ3) is 5.88. The third-order valence-electron chi connectivity index (χ3n) is 7.13. The Kier molecular flexibility index (Phi) is 8.45. The molecule has 1 fully saturated rings. The molecule has 2 heterocycles. The normalized spacial score (nSPS) is 18.2. The molecule has 0 bridgehead atoms. The van der Waals surface area contributed by atoms with Crippen LogP contribution in [0.3, 0.4) is 0 Å². The highest BCUT2D eigenvalue weighted by atomic mass is 35.5. The summed E-state index contributed by atoms with van der Waals surface area (Å²) in [7, 11) is 1.85. The van der Waals surface area contributed by atoms with Gasteiger partial charge in [0.05, 0.1) is 17.9 Å². The summed E-state index contributed by atoms with van der Waals surface area (Å²) in [5, 5.41) is 23.3. The van der Waals surface area contributed by atoms with Gasteiger partial charge in [-0.25, -0.2) is 4.99 Å². The zero-order valence-electron chi connectivity index (χ0n) is 21.5. The number of aliphatic hydroxyl groups excluding tert-OH is 1. The lowest BCUT2D eigenvalue weighted by atomic mass is 9.80. The van der Waals surface area contributed by atoms with Crippen molar-refractivity contribution in [3.8, 4) is 0 Å². The first-order valence-electron chi connectivity index (χ1n) is 12.4. The number of likely N-dealkylation sites (tertiary alicyclic amines) is 1. The van der Waals surface area contributed by atoms with Gasteiger partial charge in [-0.3, -0.25) is 10.2 Å². The summed E-state index contributed by atoms with van der Waals surface area (Å²) in [5.41, 5.74) is 7.19. The van der Waals surface area contributed by atoms with Gasteiger partial charge in [0.2, 0.25) is 5.91 Å². The largest absolute Gasteiger partial charge is 0.395 e. The average molecular weight is 556 g/mol. The number of carbonyl (C=O) groups is 1. The van der Waals surface area contributed by atoms with Crippen LogP contribution in [0, 0.1) is 10.8 Å². The second-order valence-corrected chi connectivity index (χ2v) is 10.6. The molecule has 2 aromatic rings. The van der Waals surface area contributed by atoms with Crippen LogP contribution < -0.4 is 11.1 Å². The molecule has 200 valence electrons. The van der Waals surface area contributed by atoms with E-state index in [0.29, 0.717) is 65.3 Å². The van der Waals surface area contributed by atoms with Gasteiger partial charge >= 0.3 is 0 Å². The molecule has 4 rings (SSSR count). The molecule has 8 nitrogen and oxygen atoms in total. The number of halogens is 2. The summed E-state index contributed by atoms with van der Waals surface area (Å²) in [6, 6.07) is 14.5. The molecule has 0 atom stereocenters. The molecule has 2 aliphatic rings. The molecule has 0 spiro atoms. The maximum absolute atomic E-state index is 12.0. The van der Waals surface area contributed by atoms with Crippen molar-refractivity contribution in [2.24, 2.45) is 16.1 Å². The molecule has 2 aromatic carbocycles. The predicted molar refractivity (Wildman–Crippen MR) is 153 cm³/mol. The monoisotopic (exact) mass is 554 g/mol. The number of hydrogen-bond donors (Lipinski definition) is 4. The molecule has 38 heavy (non-hydrogen) atoms. The number of allylic oxidation sites excluding steroid dienone is 1. The number of amides is 1. The zero-order chi connectivity index (χ0) is 27.4. The SMILES string of the molecule is CN(CCO)C1=N/C(=C(/C(=N)c2ccccc2Cl)c2ccc(Cl)cc2)NC(N2CCC(C)(C(N)=O)CC2)=C1. The standard InChI is InChI=1S/C28H32Cl2N6O2/c1-28(27(32)38)11-13-36(14-12-28)23-17-22(35(2)15-16-37)33-26(34-23)24(18-7-9-19(29)10-8-18)25(31)20-5-3-4-6-21(20)30/h3-10,17,31,34,37H,11-16H2,1-2H3,(H2,32,38)/b26-24-,31-25?. The molecular weight excluding hydrogens is 523 g/mol. The number of likely N-dealkylation sites (N-methyl/N-ethyl adjacent to an activating group) is 1. The number of piperidine rings is 1. The Bertz CT molecular complexity index is 1310. The number of carbonyl (C=O) groups excluding carboxylic acids is 1. The van der Waals surface area contributed by atoms with E-state index in [2.05, 4.69) is 10.2 Å². The van der Waals surface area contributed by atoms with Crippen molar-refractivity contribution in [3.63, 3.8) is 0 Å². The molecule has 10 heteroatoms. The van der Waals surface area contributed by atoms with E-state index >= 15 is 0 Å². The van der Waals surface area contributed by atoms with Crippen molar-refractivity contribution in [2.75, 3.05) is 33.3 Å². The Labute approximate surface area is 232 Å². The fraction of sp³-hybridized carbons (Fsp3) is 0.321. The van der Waals surface area contributed by atoms with Crippen LogP contribution in [-0.4, -0.2) is 65.6 Å². The predicted octanol–water partition coefficient (Wildman–Crippen LogP) is 4.08. The number of amidine groups is 1. The fourth-order valence-corrected chi connectivity index (χ4v) is 4.86. The number of aliphatic hydroxyl groups is 1. The summed E-state index contributed by atoms with van der Waals surface area (Å²) in [6.07, 6.45) is 3.17. The summed E-state index contributed by atoms with van der Waals surface area (Å²) < 4.78 is 0. The second kappa shape index (κ2) is 11.6. The molecular formula is C28H32Cl2N6O2. The van der Waals surface area contributed by atoms with Crippen LogP contribution in [0.5, 0.6) is 0 Å². The first-order valence-corrected chi connectivity index (χ1v) is 13.2. The minimum Gasteiger partial charge on any atom is -0.395 e. The van der Waals surface area contributed by atoms with Gasteiger partial charge in [0.25, 0.3) is 0 Å². The van der Waals surface area contributed by atoms with Crippen molar-refractivity contribution < 1.29 is 9.90 Å². The maximum Gasteiger partial charge on any atom is 0.223 e. The molecule has 0 aromatic heterocycles. The zero-order valence-corrected chi connectivity index (χ0v) is 23.0. The van der Waals surface area contributed by atoms with Crippen LogP contribution in [0.2, 0.25) is 10.0 Å². The lowest BCUT2D eigenvalue weighted by molar-refractivity contribution is -0.129. The van der Waals surface area contributed by atoms with Crippen LogP contribution in [0.4, 0.5) is 0 Å². The number of hydrogen-bond acceptors (Lipinski definition) is 7. The number of nitrogens with zero attached hydrogens (tertiary/aromatic N) is 3. The average Bonchev–Trinajstić information content (AvgIpc) is 2.90. The molecule has 0 radical (unpaired) electrons. The van der Waals surface area contributed by atoms with Crippen LogP contribution in [-0.2, 0) is 4.79 Å². The highest BCUT2D eigenvalue weighted by molar-refractivity contribution is 6.40. The first kappa shape index (κ1) is 27.7. The Hall–Kier alpha value is -3.33. The lowest BCUT2D eigenvalue weighted by Crippen LogP contribution is -2.47. The molecule has 0 aliphatic carbocycles. The smallest absolute Gasteiger partial charge is 0.223 e. The molecule has 0 unspecified atom stereocenters. The van der Waals surface area contributed by atoms with E-state index in [1.165, 1.54) is 0 Å². The van der Waals surface area contributed by atoms with Gasteiger partial charge in [-0.1, -0.05) is 60.5 Å². The van der Waals surface area contributed by atoms with E-state index < -0.39 is 5.41 Å². The number of nitrogens with two attached hydrogens (primary N) is 1. The molecule has 5 N–H and O–H groups in total. The van der Waals surface area contributed by atoms with Crippen molar-refractivity contribution in [1.82, 2.24) is 15.1 Å². The van der Waals surface area contributed by atoms with Crippen molar-refractivity contribution >= 4 is 46.2 Å². The summed E-state index contributed by atoms with van der Waals surface area (Å²) in [6.45, 7) is 3.51. The van der Waals surface area contributed by atoms with Gasteiger partial charge < -0.3 is 26.0 Å². The van der Waals surface area contributed by atoms with Crippen molar-refractivity contribution in [1.29, 1.82) is 5.41 Å². The van der Waals surface area contributed by atoms with E-state index in [-0.39, 0.29) is 18.2 Å². The van der Waals surface area contributed by atoms with Gasteiger partial charge in [-0.2, -0.15) is 0 Å². The summed E-state index contributed by atoms with van der Waals surface area (Å²) in [4.78, 5) is 20.9. The Balaban J connectivity index is 1.82. The number of primary amides is 1. The lowest BCUT2D eigenvalue weighted by Gasteiger charge is -2.40. The maximum atomic E-state index is 12.0. The molecule has 0 saturated carbocycles. The van der Waals surface area contributed by atoms with Gasteiger partial charge in [-0.15, -0.1) is 0 Å². The van der Waals surface area contributed by atoms with Crippen LogP contribution in [0.15, 0.2) is 71.2 Å².